The summed E-state index contributed by atoms with van der Waals surface area (Å²) in [5.41, 5.74) is 3.26. The molecule has 0 atom stereocenters. The van der Waals surface area contributed by atoms with Gasteiger partial charge in [0.1, 0.15) is 11.5 Å². The third-order valence-corrected chi connectivity index (χ3v) is 3.05. The number of aromatic hydroxyl groups is 1. The van der Waals surface area contributed by atoms with E-state index in [0.29, 0.717) is 5.92 Å². The number of phenols is 1. The molecule has 0 saturated heterocycles. The molecule has 0 aliphatic heterocycles. The molecule has 18 heavy (non-hydrogen) atoms. The van der Waals surface area contributed by atoms with Crippen LogP contribution in [-0.2, 0) is 0 Å². The van der Waals surface area contributed by atoms with Crippen LogP contribution in [-0.4, -0.2) is 12.2 Å². The van der Waals surface area contributed by atoms with E-state index in [9.17, 15) is 5.11 Å². The van der Waals surface area contributed by atoms with Crippen LogP contribution in [0, 0.1) is 0 Å². The van der Waals surface area contributed by atoms with E-state index in [1.807, 2.05) is 12.1 Å². The molecule has 2 rings (SSSR count). The number of ether oxygens (including phenoxy) is 1. The molecule has 0 amide bonds. The summed E-state index contributed by atoms with van der Waals surface area (Å²) in [5, 5.41) is 9.62. The molecule has 0 bridgehead atoms. The van der Waals surface area contributed by atoms with E-state index < -0.39 is 0 Å². The summed E-state index contributed by atoms with van der Waals surface area (Å²) >= 11 is 0. The second-order valence-corrected chi connectivity index (χ2v) is 4.66. The molecule has 2 heteroatoms. The first-order valence-corrected chi connectivity index (χ1v) is 6.09. The summed E-state index contributed by atoms with van der Waals surface area (Å²) < 4.78 is 5.34. The third kappa shape index (κ3) is 2.48. The van der Waals surface area contributed by atoms with Gasteiger partial charge in [-0.25, -0.2) is 0 Å². The van der Waals surface area contributed by atoms with Gasteiger partial charge in [-0.3, -0.25) is 0 Å². The standard InChI is InChI=1S/C16H18O2/c1-11(2)12-5-4-6-13(9-12)15-10-14(17)7-8-16(15)18-3/h4-11,17H,1-3H3. The molecule has 2 aromatic carbocycles. The van der Waals surface area contributed by atoms with E-state index in [1.54, 1.807) is 25.3 Å². The Morgan fingerprint density at radius 1 is 1.06 bits per heavy atom. The molecule has 1 N–H and O–H groups in total. The molecule has 0 aromatic heterocycles. The Bertz CT molecular complexity index is 545. The zero-order chi connectivity index (χ0) is 13.1. The summed E-state index contributed by atoms with van der Waals surface area (Å²) in [6.07, 6.45) is 0. The predicted molar refractivity (Wildman–Crippen MR) is 74.2 cm³/mol. The van der Waals surface area contributed by atoms with E-state index >= 15 is 0 Å². The number of methoxy groups -OCH3 is 1. The van der Waals surface area contributed by atoms with Gasteiger partial charge in [0.05, 0.1) is 7.11 Å². The molecule has 0 heterocycles. The van der Waals surface area contributed by atoms with Crippen molar-refractivity contribution in [2.45, 2.75) is 19.8 Å². The maximum atomic E-state index is 9.62. The summed E-state index contributed by atoms with van der Waals surface area (Å²) in [6, 6.07) is 13.5. The summed E-state index contributed by atoms with van der Waals surface area (Å²) in [6.45, 7) is 4.33. The minimum Gasteiger partial charge on any atom is -0.508 e. The fourth-order valence-electron chi connectivity index (χ4n) is 1.99. The maximum absolute atomic E-state index is 9.62. The molecule has 2 aromatic rings. The normalized spacial score (nSPS) is 10.7. The minimum atomic E-state index is 0.251. The van der Waals surface area contributed by atoms with Crippen molar-refractivity contribution < 1.29 is 9.84 Å². The van der Waals surface area contributed by atoms with Gasteiger partial charge >= 0.3 is 0 Å². The molecule has 0 aliphatic rings. The molecule has 2 nitrogen and oxygen atoms in total. The summed E-state index contributed by atoms with van der Waals surface area (Å²) in [7, 11) is 1.64. The van der Waals surface area contributed by atoms with Crippen LogP contribution in [0.3, 0.4) is 0 Å². The molecule has 0 saturated carbocycles. The number of rotatable bonds is 3. The second-order valence-electron chi connectivity index (χ2n) is 4.66. The molecule has 0 unspecified atom stereocenters. The Balaban J connectivity index is 2.54. The van der Waals surface area contributed by atoms with Crippen molar-refractivity contribution in [3.63, 3.8) is 0 Å². The molecular formula is C16H18O2. The fourth-order valence-corrected chi connectivity index (χ4v) is 1.99. The van der Waals surface area contributed by atoms with E-state index in [1.165, 1.54) is 5.56 Å². The molecule has 0 spiro atoms. The molecule has 94 valence electrons. The zero-order valence-corrected chi connectivity index (χ0v) is 11.0. The largest absolute Gasteiger partial charge is 0.508 e. The lowest BCUT2D eigenvalue weighted by Crippen LogP contribution is -1.90. The Morgan fingerprint density at radius 2 is 1.83 bits per heavy atom. The summed E-state index contributed by atoms with van der Waals surface area (Å²) in [4.78, 5) is 0. The first-order chi connectivity index (χ1) is 8.61. The number of hydrogen-bond acceptors (Lipinski definition) is 2. The van der Waals surface area contributed by atoms with Crippen molar-refractivity contribution in [2.24, 2.45) is 0 Å². The lowest BCUT2D eigenvalue weighted by atomic mass is 9.97. The van der Waals surface area contributed by atoms with Crippen LogP contribution in [0.4, 0.5) is 0 Å². The molecule has 0 fully saturated rings. The fraction of sp³-hybridized carbons (Fsp3) is 0.250. The SMILES string of the molecule is COc1ccc(O)cc1-c1cccc(C(C)C)c1. The monoisotopic (exact) mass is 242 g/mol. The first-order valence-electron chi connectivity index (χ1n) is 6.09. The maximum Gasteiger partial charge on any atom is 0.126 e. The Labute approximate surface area is 108 Å². The van der Waals surface area contributed by atoms with Crippen LogP contribution >= 0.6 is 0 Å². The van der Waals surface area contributed by atoms with Crippen LogP contribution in [0.5, 0.6) is 11.5 Å². The number of phenolic OH excluding ortho intramolecular Hbond substituents is 1. The lowest BCUT2D eigenvalue weighted by Gasteiger charge is -2.12. The van der Waals surface area contributed by atoms with Crippen molar-refractivity contribution in [2.75, 3.05) is 7.11 Å². The van der Waals surface area contributed by atoms with Gasteiger partial charge in [0.25, 0.3) is 0 Å². The van der Waals surface area contributed by atoms with Gasteiger partial charge in [-0.2, -0.15) is 0 Å². The van der Waals surface area contributed by atoms with Crippen molar-refractivity contribution in [1.29, 1.82) is 0 Å². The highest BCUT2D eigenvalue weighted by molar-refractivity contribution is 5.72. The van der Waals surface area contributed by atoms with Crippen LogP contribution in [0.2, 0.25) is 0 Å². The Morgan fingerprint density at radius 3 is 2.50 bits per heavy atom. The zero-order valence-electron chi connectivity index (χ0n) is 11.0. The van der Waals surface area contributed by atoms with Crippen LogP contribution < -0.4 is 4.74 Å². The minimum absolute atomic E-state index is 0.251. The smallest absolute Gasteiger partial charge is 0.126 e. The predicted octanol–water partition coefficient (Wildman–Crippen LogP) is 4.19. The van der Waals surface area contributed by atoms with E-state index in [-0.39, 0.29) is 5.75 Å². The highest BCUT2D eigenvalue weighted by Crippen LogP contribution is 2.34. The van der Waals surface area contributed by atoms with Crippen LogP contribution in [0.15, 0.2) is 42.5 Å². The van der Waals surface area contributed by atoms with Crippen LogP contribution in [0.1, 0.15) is 25.3 Å². The number of hydrogen-bond donors (Lipinski definition) is 1. The van der Waals surface area contributed by atoms with Crippen molar-refractivity contribution in [3.8, 4) is 22.6 Å². The van der Waals surface area contributed by atoms with Gasteiger partial charge in [0.2, 0.25) is 0 Å². The van der Waals surface area contributed by atoms with Crippen molar-refractivity contribution in [1.82, 2.24) is 0 Å². The third-order valence-electron chi connectivity index (χ3n) is 3.05. The number of benzene rings is 2. The van der Waals surface area contributed by atoms with E-state index in [4.69, 9.17) is 4.74 Å². The molecular weight excluding hydrogens is 224 g/mol. The van der Waals surface area contributed by atoms with Gasteiger partial charge in [-0.1, -0.05) is 38.1 Å². The highest BCUT2D eigenvalue weighted by Gasteiger charge is 2.08. The quantitative estimate of drug-likeness (QED) is 0.874. The van der Waals surface area contributed by atoms with E-state index in [0.717, 1.165) is 16.9 Å². The Hall–Kier alpha value is -1.96. The van der Waals surface area contributed by atoms with Crippen molar-refractivity contribution >= 4 is 0 Å². The highest BCUT2D eigenvalue weighted by atomic mass is 16.5. The van der Waals surface area contributed by atoms with Gasteiger partial charge in [-0.05, 0) is 35.2 Å². The van der Waals surface area contributed by atoms with Gasteiger partial charge in [0.15, 0.2) is 0 Å². The first kappa shape index (κ1) is 12.5. The summed E-state index contributed by atoms with van der Waals surface area (Å²) in [5.74, 6) is 1.50. The van der Waals surface area contributed by atoms with Gasteiger partial charge in [-0.15, -0.1) is 0 Å². The van der Waals surface area contributed by atoms with Gasteiger partial charge < -0.3 is 9.84 Å². The molecule has 0 aliphatic carbocycles. The average molecular weight is 242 g/mol. The Kier molecular flexibility index (Phi) is 3.56. The lowest BCUT2D eigenvalue weighted by molar-refractivity contribution is 0.414. The van der Waals surface area contributed by atoms with Gasteiger partial charge in [0, 0.05) is 5.56 Å². The van der Waals surface area contributed by atoms with Crippen LogP contribution in [0.25, 0.3) is 11.1 Å². The average Bonchev–Trinajstić information content (AvgIpc) is 2.39. The second kappa shape index (κ2) is 5.13. The topological polar surface area (TPSA) is 29.5 Å². The van der Waals surface area contributed by atoms with E-state index in [2.05, 4.69) is 26.0 Å². The van der Waals surface area contributed by atoms with Crippen molar-refractivity contribution in [3.05, 3.63) is 48.0 Å². The molecule has 0 radical (unpaired) electrons.